The second-order valence-electron chi connectivity index (χ2n) is 4.93. The fraction of sp³-hybridized carbons (Fsp3) is 0.438. The van der Waals surface area contributed by atoms with Crippen molar-refractivity contribution in [3.63, 3.8) is 0 Å². The second kappa shape index (κ2) is 9.83. The Bertz CT molecular complexity index is 460. The highest BCUT2D eigenvalue weighted by Crippen LogP contribution is 2.02. The molecule has 0 aromatic heterocycles. The highest BCUT2D eigenvalue weighted by molar-refractivity contribution is 5.82. The van der Waals surface area contributed by atoms with Crippen molar-refractivity contribution < 1.29 is 14.4 Å². The molecule has 0 radical (unpaired) electrons. The highest BCUT2D eigenvalue weighted by Gasteiger charge is 2.13. The normalized spacial score (nSPS) is 11.7. The average Bonchev–Trinajstić information content (AvgIpc) is 2.50. The van der Waals surface area contributed by atoms with Crippen LogP contribution in [0.5, 0.6) is 0 Å². The quantitative estimate of drug-likeness (QED) is 0.497. The van der Waals surface area contributed by atoms with E-state index in [1.807, 2.05) is 30.3 Å². The number of rotatable bonds is 10. The average molecular weight is 290 g/mol. The Morgan fingerprint density at radius 1 is 1.19 bits per heavy atom. The number of ketones is 1. The number of nitrogens with two attached hydrogens (primary N) is 1. The molecule has 21 heavy (non-hydrogen) atoms. The topological polar surface area (TPSA) is 89.3 Å². The first-order chi connectivity index (χ1) is 10.1. The summed E-state index contributed by atoms with van der Waals surface area (Å²) < 4.78 is 0. The molecule has 1 atom stereocenters. The molecule has 3 N–H and O–H groups in total. The van der Waals surface area contributed by atoms with Gasteiger partial charge in [0, 0.05) is 25.8 Å². The lowest BCUT2D eigenvalue weighted by atomic mass is 10.1. The predicted octanol–water partition coefficient (Wildman–Crippen LogP) is 1.00. The molecule has 0 heterocycles. The van der Waals surface area contributed by atoms with Gasteiger partial charge in [-0.2, -0.15) is 0 Å². The Balaban J connectivity index is 2.18. The van der Waals surface area contributed by atoms with Crippen LogP contribution in [0, 0.1) is 0 Å². The highest BCUT2D eigenvalue weighted by atomic mass is 16.2. The van der Waals surface area contributed by atoms with Crippen molar-refractivity contribution in [2.24, 2.45) is 5.73 Å². The number of benzene rings is 1. The predicted molar refractivity (Wildman–Crippen MR) is 80.7 cm³/mol. The Hall–Kier alpha value is -2.01. The lowest BCUT2D eigenvalue weighted by molar-refractivity contribution is -0.123. The molecule has 1 amide bonds. The van der Waals surface area contributed by atoms with Gasteiger partial charge in [0.25, 0.3) is 0 Å². The van der Waals surface area contributed by atoms with Gasteiger partial charge in [-0.3, -0.25) is 9.59 Å². The van der Waals surface area contributed by atoms with Crippen molar-refractivity contribution in [3.8, 4) is 0 Å². The van der Waals surface area contributed by atoms with Crippen LogP contribution < -0.4 is 11.1 Å². The van der Waals surface area contributed by atoms with Gasteiger partial charge in [0.1, 0.15) is 12.1 Å². The summed E-state index contributed by atoms with van der Waals surface area (Å²) in [6, 6.07) is 9.00. The minimum atomic E-state index is -0.585. The van der Waals surface area contributed by atoms with Gasteiger partial charge in [-0.15, -0.1) is 0 Å². The second-order valence-corrected chi connectivity index (χ2v) is 4.93. The Kier molecular flexibility index (Phi) is 7.97. The maximum absolute atomic E-state index is 11.8. The summed E-state index contributed by atoms with van der Waals surface area (Å²) in [7, 11) is 0. The molecule has 1 rings (SSSR count). The fourth-order valence-corrected chi connectivity index (χ4v) is 1.93. The minimum absolute atomic E-state index is 0.0462. The van der Waals surface area contributed by atoms with E-state index in [-0.39, 0.29) is 24.5 Å². The van der Waals surface area contributed by atoms with E-state index in [1.165, 1.54) is 0 Å². The van der Waals surface area contributed by atoms with Crippen LogP contribution in [0.4, 0.5) is 0 Å². The van der Waals surface area contributed by atoms with Gasteiger partial charge in [0.05, 0.1) is 6.04 Å². The Labute approximate surface area is 124 Å². The molecular weight excluding hydrogens is 268 g/mol. The van der Waals surface area contributed by atoms with Crippen LogP contribution in [0.25, 0.3) is 0 Å². The third-order valence-electron chi connectivity index (χ3n) is 3.11. The van der Waals surface area contributed by atoms with Gasteiger partial charge >= 0.3 is 0 Å². The summed E-state index contributed by atoms with van der Waals surface area (Å²) >= 11 is 0. The standard InChI is InChI=1S/C16H22N2O3/c17-15(12-13-6-2-1-3-7-13)16(21)18-10-4-8-14(20)9-5-11-19/h1-3,6-7,11,15H,4-5,8-10,12,17H2,(H,18,21). The van der Waals surface area contributed by atoms with E-state index >= 15 is 0 Å². The largest absolute Gasteiger partial charge is 0.355 e. The van der Waals surface area contributed by atoms with Gasteiger partial charge in [-0.25, -0.2) is 0 Å². The summed E-state index contributed by atoms with van der Waals surface area (Å²) in [5.41, 5.74) is 6.86. The molecule has 114 valence electrons. The Morgan fingerprint density at radius 2 is 1.90 bits per heavy atom. The van der Waals surface area contributed by atoms with Crippen LogP contribution in [-0.2, 0) is 20.8 Å². The molecule has 0 fully saturated rings. The summed E-state index contributed by atoms with van der Waals surface area (Å²) in [4.78, 5) is 33.3. The summed E-state index contributed by atoms with van der Waals surface area (Å²) in [5, 5.41) is 2.73. The number of nitrogens with one attached hydrogen (secondary N) is 1. The molecule has 0 aliphatic heterocycles. The number of Topliss-reactive ketones (excluding diaryl/α,β-unsaturated/α-hetero) is 1. The summed E-state index contributed by atoms with van der Waals surface area (Å²) in [5.74, 6) is -0.163. The van der Waals surface area contributed by atoms with Crippen molar-refractivity contribution >= 4 is 18.0 Å². The molecule has 1 aromatic rings. The van der Waals surface area contributed by atoms with Gasteiger partial charge in [-0.1, -0.05) is 30.3 Å². The van der Waals surface area contributed by atoms with Crippen molar-refractivity contribution in [2.45, 2.75) is 38.1 Å². The molecule has 0 aliphatic carbocycles. The van der Waals surface area contributed by atoms with Crippen LogP contribution in [0.3, 0.4) is 0 Å². The van der Waals surface area contributed by atoms with Gasteiger partial charge in [-0.05, 0) is 18.4 Å². The van der Waals surface area contributed by atoms with Crippen LogP contribution in [-0.4, -0.2) is 30.6 Å². The first-order valence-electron chi connectivity index (χ1n) is 7.16. The summed E-state index contributed by atoms with van der Waals surface area (Å²) in [6.45, 7) is 0.425. The zero-order chi connectivity index (χ0) is 15.5. The SMILES string of the molecule is NC(Cc1ccccc1)C(=O)NCCCC(=O)CCC=O. The molecule has 0 bridgehead atoms. The number of amides is 1. The number of hydrogen-bond donors (Lipinski definition) is 2. The molecular formula is C16H22N2O3. The molecule has 5 nitrogen and oxygen atoms in total. The first-order valence-corrected chi connectivity index (χ1v) is 7.16. The van der Waals surface area contributed by atoms with Crippen molar-refractivity contribution in [1.29, 1.82) is 0 Å². The lowest BCUT2D eigenvalue weighted by Crippen LogP contribution is -2.42. The van der Waals surface area contributed by atoms with Crippen LogP contribution >= 0.6 is 0 Å². The maximum atomic E-state index is 11.8. The molecule has 0 saturated heterocycles. The van der Waals surface area contributed by atoms with Gasteiger partial charge < -0.3 is 15.8 Å². The fourth-order valence-electron chi connectivity index (χ4n) is 1.93. The van der Waals surface area contributed by atoms with E-state index in [4.69, 9.17) is 5.73 Å². The molecule has 0 aliphatic rings. The zero-order valence-electron chi connectivity index (χ0n) is 12.1. The maximum Gasteiger partial charge on any atom is 0.237 e. The van der Waals surface area contributed by atoms with Crippen molar-refractivity contribution in [3.05, 3.63) is 35.9 Å². The van der Waals surface area contributed by atoms with Crippen LogP contribution in [0.2, 0.25) is 0 Å². The van der Waals surface area contributed by atoms with Crippen LogP contribution in [0.1, 0.15) is 31.2 Å². The third-order valence-corrected chi connectivity index (χ3v) is 3.11. The monoisotopic (exact) mass is 290 g/mol. The number of aldehydes is 1. The van der Waals surface area contributed by atoms with Crippen molar-refractivity contribution in [1.82, 2.24) is 5.32 Å². The number of carbonyl (C=O) groups excluding carboxylic acids is 3. The first kappa shape index (κ1) is 17.0. The molecule has 1 aromatic carbocycles. The number of hydrogen-bond acceptors (Lipinski definition) is 4. The van der Waals surface area contributed by atoms with Crippen LogP contribution in [0.15, 0.2) is 30.3 Å². The molecule has 0 saturated carbocycles. The van der Waals surface area contributed by atoms with E-state index in [0.29, 0.717) is 25.8 Å². The third kappa shape index (κ3) is 7.37. The minimum Gasteiger partial charge on any atom is -0.355 e. The molecule has 5 heteroatoms. The molecule has 0 spiro atoms. The van der Waals surface area contributed by atoms with E-state index in [0.717, 1.165) is 11.8 Å². The zero-order valence-corrected chi connectivity index (χ0v) is 12.1. The number of carbonyl (C=O) groups is 3. The van der Waals surface area contributed by atoms with E-state index in [1.54, 1.807) is 0 Å². The molecule has 1 unspecified atom stereocenters. The van der Waals surface area contributed by atoms with E-state index < -0.39 is 6.04 Å². The van der Waals surface area contributed by atoms with Gasteiger partial charge in [0.15, 0.2) is 0 Å². The van der Waals surface area contributed by atoms with E-state index in [2.05, 4.69) is 5.32 Å². The van der Waals surface area contributed by atoms with Gasteiger partial charge in [0.2, 0.25) is 5.91 Å². The van der Waals surface area contributed by atoms with E-state index in [9.17, 15) is 14.4 Å². The lowest BCUT2D eigenvalue weighted by Gasteiger charge is -2.12. The smallest absolute Gasteiger partial charge is 0.237 e. The van der Waals surface area contributed by atoms with Crippen molar-refractivity contribution in [2.75, 3.05) is 6.54 Å². The Morgan fingerprint density at radius 3 is 2.57 bits per heavy atom. The summed E-state index contributed by atoms with van der Waals surface area (Å²) in [6.07, 6.45) is 2.73.